The fourth-order valence-corrected chi connectivity index (χ4v) is 4.09. The van der Waals surface area contributed by atoms with Gasteiger partial charge in [-0.15, -0.1) is 0 Å². The normalized spacial score (nSPS) is 17.9. The zero-order valence-electron chi connectivity index (χ0n) is 17.7. The van der Waals surface area contributed by atoms with Crippen LogP contribution in [0.2, 0.25) is 0 Å². The molecule has 1 amide bonds. The van der Waals surface area contributed by atoms with Crippen molar-refractivity contribution in [2.45, 2.75) is 45.1 Å². The van der Waals surface area contributed by atoms with E-state index in [0.717, 1.165) is 31.4 Å². The summed E-state index contributed by atoms with van der Waals surface area (Å²) in [5.74, 6) is 7.43. The Morgan fingerprint density at radius 2 is 2.13 bits per heavy atom. The lowest BCUT2D eigenvalue weighted by Gasteiger charge is -2.17. The van der Waals surface area contributed by atoms with Crippen LogP contribution < -0.4 is 11.1 Å². The van der Waals surface area contributed by atoms with Gasteiger partial charge in [0.15, 0.2) is 0 Å². The number of carbonyl (C=O) groups excluding carboxylic acids is 1. The number of aryl methyl sites for hydroxylation is 1. The van der Waals surface area contributed by atoms with Gasteiger partial charge in [-0.3, -0.25) is 9.89 Å². The number of fused-ring (bicyclic) bond motifs is 1. The average Bonchev–Trinajstić information content (AvgIpc) is 3.20. The molecule has 5 rings (SSSR count). The Hall–Kier alpha value is -3.38. The number of aromatic amines is 1. The summed E-state index contributed by atoms with van der Waals surface area (Å²) in [5.41, 5.74) is 8.59. The Balaban J connectivity index is 1.68. The van der Waals surface area contributed by atoms with Gasteiger partial charge in [0.05, 0.1) is 16.6 Å². The largest absolute Gasteiger partial charge is 0.383 e. The van der Waals surface area contributed by atoms with Crippen molar-refractivity contribution in [1.29, 1.82) is 0 Å². The number of hydrogen-bond acceptors (Lipinski definition) is 6. The molecule has 0 aromatic carbocycles. The van der Waals surface area contributed by atoms with Crippen LogP contribution in [0.15, 0.2) is 12.4 Å². The number of hydrogen-bond donors (Lipinski definition) is 3. The topological polar surface area (TPSA) is 124 Å². The molecule has 160 valence electrons. The van der Waals surface area contributed by atoms with Crippen molar-refractivity contribution < 1.29 is 9.53 Å². The predicted molar refractivity (Wildman–Crippen MR) is 117 cm³/mol. The van der Waals surface area contributed by atoms with Gasteiger partial charge >= 0.3 is 0 Å². The molecular formula is C22H25N7O2. The van der Waals surface area contributed by atoms with Gasteiger partial charge in [-0.1, -0.05) is 5.92 Å². The number of anilines is 2. The summed E-state index contributed by atoms with van der Waals surface area (Å²) in [6.07, 6.45) is 5.21. The van der Waals surface area contributed by atoms with Crippen LogP contribution >= 0.6 is 0 Å². The van der Waals surface area contributed by atoms with Gasteiger partial charge in [-0.25, -0.2) is 9.97 Å². The second kappa shape index (κ2) is 7.39. The molecule has 4 N–H and O–H groups in total. The highest BCUT2D eigenvalue weighted by Gasteiger charge is 2.44. The van der Waals surface area contributed by atoms with E-state index in [1.54, 1.807) is 6.07 Å². The number of amides is 1. The Labute approximate surface area is 179 Å². The maximum atomic E-state index is 13.5. The van der Waals surface area contributed by atoms with Gasteiger partial charge < -0.3 is 20.4 Å². The molecule has 9 heteroatoms. The smallest absolute Gasteiger partial charge is 0.260 e. The first-order valence-corrected chi connectivity index (χ1v) is 10.5. The zero-order chi connectivity index (χ0) is 21.6. The number of nitrogens with zero attached hydrogens (tertiary/aromatic N) is 4. The molecule has 9 nitrogen and oxygen atoms in total. The second-order valence-corrected chi connectivity index (χ2v) is 8.55. The monoisotopic (exact) mass is 419 g/mol. The third-order valence-corrected chi connectivity index (χ3v) is 6.09. The Bertz CT molecular complexity index is 1220. The fraction of sp³-hybridized carbons (Fsp3) is 0.455. The molecule has 2 aliphatic rings. The third kappa shape index (κ3) is 3.53. The maximum absolute atomic E-state index is 13.5. The summed E-state index contributed by atoms with van der Waals surface area (Å²) in [6.45, 7) is 5.43. The molecule has 1 aliphatic carbocycles. The molecule has 3 aromatic heterocycles. The van der Waals surface area contributed by atoms with Gasteiger partial charge in [0.2, 0.25) is 0 Å². The Kier molecular flexibility index (Phi) is 4.67. The molecule has 0 unspecified atom stereocenters. The molecule has 3 aromatic rings. The number of ether oxygens (including phenoxy) is 1. The van der Waals surface area contributed by atoms with E-state index in [-0.39, 0.29) is 23.2 Å². The van der Waals surface area contributed by atoms with Crippen molar-refractivity contribution in [3.63, 3.8) is 0 Å². The van der Waals surface area contributed by atoms with Crippen LogP contribution in [0, 0.1) is 24.7 Å². The summed E-state index contributed by atoms with van der Waals surface area (Å²) in [4.78, 5) is 22.1. The molecule has 0 spiro atoms. The third-order valence-electron chi connectivity index (χ3n) is 6.09. The molecule has 0 bridgehead atoms. The van der Waals surface area contributed by atoms with Crippen LogP contribution in [0.5, 0.6) is 0 Å². The highest BCUT2D eigenvalue weighted by molar-refractivity contribution is 6.16. The number of H-pyrrole nitrogens is 1. The first-order chi connectivity index (χ1) is 15.0. The zero-order valence-corrected chi connectivity index (χ0v) is 17.7. The Morgan fingerprint density at radius 3 is 2.81 bits per heavy atom. The molecule has 1 saturated carbocycles. The van der Waals surface area contributed by atoms with Crippen LogP contribution in [0.3, 0.4) is 0 Å². The highest BCUT2D eigenvalue weighted by Crippen LogP contribution is 2.47. The highest BCUT2D eigenvalue weighted by atomic mass is 16.5. The summed E-state index contributed by atoms with van der Waals surface area (Å²) in [7, 11) is 0. The Morgan fingerprint density at radius 1 is 1.35 bits per heavy atom. The van der Waals surface area contributed by atoms with Crippen molar-refractivity contribution >= 4 is 28.6 Å². The maximum Gasteiger partial charge on any atom is 0.260 e. The van der Waals surface area contributed by atoms with Crippen molar-refractivity contribution in [2.24, 2.45) is 5.92 Å². The summed E-state index contributed by atoms with van der Waals surface area (Å²) in [6, 6.07) is 1.77. The first kappa shape index (κ1) is 19.6. The lowest BCUT2D eigenvalue weighted by Crippen LogP contribution is -2.18. The number of aromatic nitrogens is 5. The van der Waals surface area contributed by atoms with E-state index < -0.39 is 0 Å². The van der Waals surface area contributed by atoms with Crippen molar-refractivity contribution in [3.8, 4) is 11.8 Å². The molecule has 4 heterocycles. The summed E-state index contributed by atoms with van der Waals surface area (Å²) >= 11 is 0. The molecule has 31 heavy (non-hydrogen) atoms. The number of nitrogen functional groups attached to an aromatic ring is 1. The fourth-order valence-electron chi connectivity index (χ4n) is 4.09. The summed E-state index contributed by atoms with van der Waals surface area (Å²) < 4.78 is 7.54. The van der Waals surface area contributed by atoms with Crippen LogP contribution in [-0.4, -0.2) is 43.9 Å². The SMILES string of the molecule is Cc1cc(NC(=O)c2c(C#CC3CCOCC3)n(C3(C)CC3)c3ncnc(N)c23)[nH]n1. The van der Waals surface area contributed by atoms with Gasteiger partial charge in [-0.2, -0.15) is 5.10 Å². The molecule has 0 atom stereocenters. The second-order valence-electron chi connectivity index (χ2n) is 8.55. The minimum absolute atomic E-state index is 0.137. The van der Waals surface area contributed by atoms with E-state index >= 15 is 0 Å². The molecular weight excluding hydrogens is 394 g/mol. The van der Waals surface area contributed by atoms with Crippen LogP contribution in [-0.2, 0) is 10.3 Å². The van der Waals surface area contributed by atoms with Crippen molar-refractivity contribution in [2.75, 3.05) is 24.3 Å². The van der Waals surface area contributed by atoms with Crippen molar-refractivity contribution in [1.82, 2.24) is 24.7 Å². The van der Waals surface area contributed by atoms with Gasteiger partial charge in [0.1, 0.15) is 29.3 Å². The standard InChI is InChI=1S/C22H25N7O2/c1-13-11-16(28-27-13)26-21(30)17-15(4-3-14-5-9-31-10-6-14)29(22(2)7-8-22)20-18(17)19(23)24-12-25-20/h11-12,14H,5-10H2,1-2H3,(H2,23,24,25)(H2,26,27,28,30). The van der Waals surface area contributed by atoms with E-state index in [1.165, 1.54) is 6.33 Å². The number of carbonyl (C=O) groups is 1. The first-order valence-electron chi connectivity index (χ1n) is 10.5. The lowest BCUT2D eigenvalue weighted by atomic mass is 10.0. The van der Waals surface area contributed by atoms with Crippen LogP contribution in [0.1, 0.15) is 54.4 Å². The van der Waals surface area contributed by atoms with Gasteiger partial charge in [0.25, 0.3) is 5.91 Å². The van der Waals surface area contributed by atoms with Gasteiger partial charge in [0, 0.05) is 30.7 Å². The molecule has 1 aliphatic heterocycles. The average molecular weight is 419 g/mol. The van der Waals surface area contributed by atoms with E-state index in [0.29, 0.717) is 41.3 Å². The lowest BCUT2D eigenvalue weighted by molar-refractivity contribution is 0.0807. The molecule has 1 saturated heterocycles. The quantitative estimate of drug-likeness (QED) is 0.561. The van der Waals surface area contributed by atoms with Crippen LogP contribution in [0.4, 0.5) is 11.6 Å². The number of nitrogens with two attached hydrogens (primary N) is 1. The molecule has 2 fully saturated rings. The minimum Gasteiger partial charge on any atom is -0.383 e. The number of nitrogens with one attached hydrogen (secondary N) is 2. The van der Waals surface area contributed by atoms with Crippen molar-refractivity contribution in [3.05, 3.63) is 29.3 Å². The summed E-state index contributed by atoms with van der Waals surface area (Å²) in [5, 5.41) is 10.3. The van der Waals surface area contributed by atoms with E-state index in [1.807, 2.05) is 6.92 Å². The van der Waals surface area contributed by atoms with E-state index in [4.69, 9.17) is 10.5 Å². The molecule has 0 radical (unpaired) electrons. The van der Waals surface area contributed by atoms with E-state index in [2.05, 4.69) is 48.8 Å². The van der Waals surface area contributed by atoms with E-state index in [9.17, 15) is 4.79 Å². The van der Waals surface area contributed by atoms with Crippen LogP contribution in [0.25, 0.3) is 11.0 Å². The van der Waals surface area contributed by atoms with Gasteiger partial charge in [-0.05, 0) is 45.5 Å². The number of rotatable bonds is 3. The minimum atomic E-state index is -0.311. The predicted octanol–water partition coefficient (Wildman–Crippen LogP) is 2.58.